The Hall–Kier alpha value is -0.956. The number of thioether (sulfide) groups is 2. The topological polar surface area (TPSA) is 134 Å². The first-order chi connectivity index (χ1) is 32.6. The van der Waals surface area contributed by atoms with E-state index in [9.17, 15) is 14.4 Å². The van der Waals surface area contributed by atoms with E-state index < -0.39 is 27.6 Å². The lowest BCUT2D eigenvalue weighted by atomic mass is 10.0. The molecule has 0 fully saturated rings. The molecule has 12 nitrogen and oxygen atoms in total. The molecule has 0 aromatic carbocycles. The van der Waals surface area contributed by atoms with Crippen LogP contribution in [0.5, 0.6) is 0 Å². The molecule has 0 aromatic heterocycles. The summed E-state index contributed by atoms with van der Waals surface area (Å²) in [7, 11) is -5.33. The van der Waals surface area contributed by atoms with Gasteiger partial charge < -0.3 is 40.8 Å². The number of esters is 3. The standard InChI is InChI=1S/C29H58O7SSi.C23H46O5SSi/c1-6-11-13-15-17-19-22-32-28(30)26-27(29(31)33-23-20-18-16-14-12-7-2)37-24-21-25-38(34-8-3,35-9-4)36-10-5;1-9-26-30(27-10-2,28-11-3)19-13-18-29-23(7,8)22(24)25-17-16-21(6)15-12-14-20(4)5/h27H,6-26H2,1-5H3;14,21H,9-13,15-19H2,1-8H3. The zero-order valence-electron chi connectivity index (χ0n) is 45.9. The van der Waals surface area contributed by atoms with Gasteiger partial charge >= 0.3 is 35.5 Å². The number of hydrogen-bond acceptors (Lipinski definition) is 14. The van der Waals surface area contributed by atoms with Crippen LogP contribution in [0.1, 0.15) is 206 Å². The van der Waals surface area contributed by atoms with E-state index in [1.807, 2.05) is 55.4 Å². The minimum atomic E-state index is -2.72. The summed E-state index contributed by atoms with van der Waals surface area (Å²) >= 11 is 3.09. The largest absolute Gasteiger partial charge is 0.500 e. The molecule has 0 bridgehead atoms. The molecule has 68 heavy (non-hydrogen) atoms. The van der Waals surface area contributed by atoms with E-state index in [-0.39, 0.29) is 24.3 Å². The summed E-state index contributed by atoms with van der Waals surface area (Å²) in [5, 5.41) is -0.561. The van der Waals surface area contributed by atoms with Crippen molar-refractivity contribution in [3.05, 3.63) is 11.6 Å². The van der Waals surface area contributed by atoms with Gasteiger partial charge in [0.1, 0.15) is 10.00 Å². The fraction of sp³-hybridized carbons (Fsp3) is 0.904. The van der Waals surface area contributed by atoms with Crippen LogP contribution in [-0.2, 0) is 55.2 Å². The summed E-state index contributed by atoms with van der Waals surface area (Å²) in [6.45, 7) is 31.2. The van der Waals surface area contributed by atoms with E-state index >= 15 is 0 Å². The second-order valence-corrected chi connectivity index (χ2v) is 26.4. The normalized spacial score (nSPS) is 12.8. The highest BCUT2D eigenvalue weighted by molar-refractivity contribution is 8.01. The highest BCUT2D eigenvalue weighted by atomic mass is 32.2. The van der Waals surface area contributed by atoms with Crippen molar-refractivity contribution in [1.82, 2.24) is 0 Å². The van der Waals surface area contributed by atoms with E-state index in [0.717, 1.165) is 69.6 Å². The Morgan fingerprint density at radius 2 is 0.985 bits per heavy atom. The molecule has 0 aliphatic rings. The molecule has 2 unspecified atom stereocenters. The molecule has 0 heterocycles. The van der Waals surface area contributed by atoms with Crippen molar-refractivity contribution in [2.45, 2.75) is 228 Å². The molecular weight excluding hydrogens is 937 g/mol. The van der Waals surface area contributed by atoms with Crippen molar-refractivity contribution in [2.75, 3.05) is 71.0 Å². The van der Waals surface area contributed by atoms with Gasteiger partial charge in [-0.3, -0.25) is 14.4 Å². The zero-order chi connectivity index (χ0) is 51.4. The van der Waals surface area contributed by atoms with Crippen LogP contribution in [0.2, 0.25) is 12.1 Å². The van der Waals surface area contributed by atoms with Crippen molar-refractivity contribution in [3.63, 3.8) is 0 Å². The second kappa shape index (κ2) is 45.9. The van der Waals surface area contributed by atoms with Gasteiger partial charge in [-0.05, 0) is 132 Å². The van der Waals surface area contributed by atoms with Crippen molar-refractivity contribution >= 4 is 59.0 Å². The molecule has 0 rings (SSSR count). The fourth-order valence-electron chi connectivity index (χ4n) is 7.16. The van der Waals surface area contributed by atoms with Gasteiger partial charge in [0.2, 0.25) is 0 Å². The number of carbonyl (C=O) groups excluding carboxylic acids is 3. The zero-order valence-corrected chi connectivity index (χ0v) is 49.5. The number of allylic oxidation sites excluding steroid dienone is 2. The van der Waals surface area contributed by atoms with Crippen LogP contribution >= 0.6 is 23.5 Å². The van der Waals surface area contributed by atoms with Gasteiger partial charge in [-0.15, -0.1) is 23.5 Å². The summed E-state index contributed by atoms with van der Waals surface area (Å²) < 4.78 is 51.5. The van der Waals surface area contributed by atoms with Gasteiger partial charge in [0.15, 0.2) is 0 Å². The van der Waals surface area contributed by atoms with Crippen molar-refractivity contribution in [2.24, 2.45) is 5.92 Å². The molecule has 2 atom stereocenters. The number of rotatable bonds is 46. The van der Waals surface area contributed by atoms with Gasteiger partial charge in [0.05, 0.1) is 26.2 Å². The number of carbonyl (C=O) groups is 3. The molecule has 0 aliphatic heterocycles. The van der Waals surface area contributed by atoms with Gasteiger partial charge in [-0.1, -0.05) is 96.6 Å². The fourth-order valence-corrected chi connectivity index (χ4v) is 14.9. The maximum atomic E-state index is 12.9. The molecule has 0 aliphatic carbocycles. The average Bonchev–Trinajstić information content (AvgIpc) is 3.28. The lowest BCUT2D eigenvalue weighted by Crippen LogP contribution is -2.46. The molecule has 0 aromatic rings. The monoisotopic (exact) mass is 1040 g/mol. The van der Waals surface area contributed by atoms with Gasteiger partial charge in [0, 0.05) is 51.7 Å². The Bertz CT molecular complexity index is 1210. The first kappa shape index (κ1) is 69.1. The van der Waals surface area contributed by atoms with Crippen LogP contribution in [-0.4, -0.2) is 116 Å². The highest BCUT2D eigenvalue weighted by Crippen LogP contribution is 2.30. The van der Waals surface area contributed by atoms with Crippen LogP contribution in [0.15, 0.2) is 11.6 Å². The van der Waals surface area contributed by atoms with E-state index in [1.165, 1.54) is 68.7 Å². The van der Waals surface area contributed by atoms with Crippen LogP contribution < -0.4 is 0 Å². The Kier molecular flexibility index (Phi) is 46.6. The molecule has 0 radical (unpaired) electrons. The predicted octanol–water partition coefficient (Wildman–Crippen LogP) is 14.0. The number of hydrogen-bond donors (Lipinski definition) is 0. The number of ether oxygens (including phenoxy) is 3. The molecule has 0 N–H and O–H groups in total. The lowest BCUT2D eigenvalue weighted by Gasteiger charge is -2.29. The van der Waals surface area contributed by atoms with Gasteiger partial charge in [-0.2, -0.15) is 0 Å². The summed E-state index contributed by atoms with van der Waals surface area (Å²) in [6, 6.07) is 1.45. The minimum Gasteiger partial charge on any atom is -0.466 e. The highest BCUT2D eigenvalue weighted by Gasteiger charge is 2.41. The van der Waals surface area contributed by atoms with Crippen molar-refractivity contribution in [3.8, 4) is 0 Å². The summed E-state index contributed by atoms with van der Waals surface area (Å²) in [4.78, 5) is 37.9. The molecule has 0 spiro atoms. The molecule has 0 amide bonds. The van der Waals surface area contributed by atoms with Gasteiger partial charge in [0.25, 0.3) is 0 Å². The molecule has 16 heteroatoms. The second-order valence-electron chi connectivity index (χ2n) is 17.9. The molecular formula is C52H104O12S2Si2. The van der Waals surface area contributed by atoms with Crippen LogP contribution in [0, 0.1) is 5.92 Å². The lowest BCUT2D eigenvalue weighted by molar-refractivity contribution is -0.149. The Balaban J connectivity index is 0. The molecule has 0 saturated carbocycles. The summed E-state index contributed by atoms with van der Waals surface area (Å²) in [6.07, 6.45) is 20.7. The van der Waals surface area contributed by atoms with Crippen molar-refractivity contribution in [1.29, 1.82) is 0 Å². The Labute approximate surface area is 428 Å². The third-order valence-electron chi connectivity index (χ3n) is 10.9. The van der Waals surface area contributed by atoms with E-state index in [1.54, 1.807) is 11.8 Å². The van der Waals surface area contributed by atoms with Crippen LogP contribution in [0.25, 0.3) is 0 Å². The SMILES string of the molecule is CCCCCCCCOC(=O)CC(SCCC[Si](OCC)(OCC)OCC)C(=O)OCCCCCCCC.CCO[Si](CCCSC(C)(C)C(=O)OCCC(C)CCC=C(C)C)(OCC)OCC. The third-order valence-corrected chi connectivity index (χ3v) is 19.9. The predicted molar refractivity (Wildman–Crippen MR) is 290 cm³/mol. The smallest absolute Gasteiger partial charge is 0.466 e. The van der Waals surface area contributed by atoms with Crippen LogP contribution in [0.4, 0.5) is 0 Å². The average molecular weight is 1040 g/mol. The van der Waals surface area contributed by atoms with Crippen LogP contribution in [0.3, 0.4) is 0 Å². The summed E-state index contributed by atoms with van der Waals surface area (Å²) in [5.74, 6) is 1.30. The third kappa shape index (κ3) is 37.8. The Morgan fingerprint density at radius 3 is 1.44 bits per heavy atom. The first-order valence-corrected chi connectivity index (χ1v) is 32.7. The number of unbranched alkanes of at least 4 members (excludes halogenated alkanes) is 10. The van der Waals surface area contributed by atoms with E-state index in [0.29, 0.717) is 77.2 Å². The first-order valence-electron chi connectivity index (χ1n) is 26.8. The van der Waals surface area contributed by atoms with E-state index in [4.69, 9.17) is 40.8 Å². The van der Waals surface area contributed by atoms with Crippen molar-refractivity contribution < 1.29 is 55.2 Å². The maximum Gasteiger partial charge on any atom is 0.500 e. The minimum absolute atomic E-state index is 0.0424. The van der Waals surface area contributed by atoms with E-state index in [2.05, 4.69) is 40.7 Å². The van der Waals surface area contributed by atoms with Gasteiger partial charge in [-0.25, -0.2) is 0 Å². The molecule has 404 valence electrons. The Morgan fingerprint density at radius 1 is 0.544 bits per heavy atom. The molecule has 0 saturated heterocycles. The quantitative estimate of drug-likeness (QED) is 0.0188. The summed E-state index contributed by atoms with van der Waals surface area (Å²) in [5.41, 5.74) is 1.36. The maximum absolute atomic E-state index is 12.9.